The van der Waals surface area contributed by atoms with Crippen LogP contribution in [0.3, 0.4) is 0 Å². The number of hydrogen-bond donors (Lipinski definition) is 0. The number of rotatable bonds is 3. The molecule has 0 saturated heterocycles. The van der Waals surface area contributed by atoms with Crippen molar-refractivity contribution in [1.29, 1.82) is 0 Å². The van der Waals surface area contributed by atoms with Gasteiger partial charge in [0.05, 0.1) is 0 Å². The van der Waals surface area contributed by atoms with Gasteiger partial charge in [0, 0.05) is 22.6 Å². The molecule has 0 unspecified atom stereocenters. The summed E-state index contributed by atoms with van der Waals surface area (Å²) in [7, 11) is -2.57. The van der Waals surface area contributed by atoms with Crippen molar-refractivity contribution in [1.82, 2.24) is 14.8 Å². The zero-order valence-electron chi connectivity index (χ0n) is 9.67. The molecule has 1 atom stereocenters. The summed E-state index contributed by atoms with van der Waals surface area (Å²) in [6, 6.07) is 8.82. The van der Waals surface area contributed by atoms with Gasteiger partial charge in [0.25, 0.3) is 0 Å². The fraction of sp³-hybridized carbons (Fsp3) is 0.111. The molecule has 0 aliphatic heterocycles. The first-order valence-corrected chi connectivity index (χ1v) is 9.12. The molecule has 1 aromatic carbocycles. The second kappa shape index (κ2) is 4.91. The highest BCUT2D eigenvalue weighted by Crippen LogP contribution is 2.16. The average molecular weight is 321 g/mol. The Morgan fingerprint density at radius 3 is 2.42 bits per heavy atom. The minimum atomic E-state index is -4.27. The molecule has 0 aliphatic carbocycles. The molecule has 0 radical (unpaired) electrons. The molecule has 2 aromatic rings. The lowest BCUT2D eigenvalue weighted by Crippen LogP contribution is -2.08. The van der Waals surface area contributed by atoms with Crippen molar-refractivity contribution in [2.45, 2.75) is 5.16 Å². The Kier molecular flexibility index (Phi) is 3.61. The Labute approximate surface area is 115 Å². The molecule has 2 rings (SSSR count). The zero-order valence-corrected chi connectivity index (χ0v) is 12.1. The highest BCUT2D eigenvalue weighted by atomic mass is 35.7. The van der Waals surface area contributed by atoms with E-state index in [1.807, 2.05) is 6.07 Å². The molecule has 10 heteroatoms. The van der Waals surface area contributed by atoms with Crippen LogP contribution < -0.4 is 0 Å². The second-order valence-electron chi connectivity index (χ2n) is 3.61. The first kappa shape index (κ1) is 14.0. The highest BCUT2D eigenvalue weighted by Gasteiger charge is 2.19. The van der Waals surface area contributed by atoms with E-state index in [-0.39, 0.29) is 5.16 Å². The summed E-state index contributed by atoms with van der Waals surface area (Å²) >= 11 is 0. The maximum atomic E-state index is 12.3. The summed E-state index contributed by atoms with van der Waals surface area (Å²) in [5.41, 5.74) is 0.638. The Balaban J connectivity index is 2.65. The second-order valence-corrected chi connectivity index (χ2v) is 8.17. The average Bonchev–Trinajstić information content (AvgIpc) is 2.76. The van der Waals surface area contributed by atoms with Crippen LogP contribution in [-0.2, 0) is 19.0 Å². The first-order valence-electron chi connectivity index (χ1n) is 4.93. The maximum absolute atomic E-state index is 12.3. The van der Waals surface area contributed by atoms with E-state index in [1.54, 1.807) is 24.3 Å². The van der Waals surface area contributed by atoms with Crippen LogP contribution in [0.4, 0.5) is 0 Å². The Morgan fingerprint density at radius 2 is 1.84 bits per heavy atom. The molecule has 1 aromatic heterocycles. The van der Waals surface area contributed by atoms with Gasteiger partial charge in [-0.1, -0.05) is 22.0 Å². The van der Waals surface area contributed by atoms with Crippen molar-refractivity contribution in [3.63, 3.8) is 0 Å². The molecule has 0 aliphatic rings. The lowest BCUT2D eigenvalue weighted by molar-refractivity contribution is 0.611. The fourth-order valence-corrected chi connectivity index (χ4v) is 4.76. The molecule has 7 nitrogen and oxygen atoms in total. The van der Waals surface area contributed by atoms with E-state index >= 15 is 0 Å². The van der Waals surface area contributed by atoms with Crippen molar-refractivity contribution in [2.24, 2.45) is 3.77 Å². The van der Waals surface area contributed by atoms with Crippen LogP contribution in [0.1, 0.15) is 0 Å². The highest BCUT2D eigenvalue weighted by molar-refractivity contribution is 8.17. The predicted molar refractivity (Wildman–Crippen MR) is 70.9 cm³/mol. The molecular weight excluding hydrogens is 312 g/mol. The molecule has 0 amide bonds. The molecule has 1 heterocycles. The third-order valence-corrected chi connectivity index (χ3v) is 5.43. The van der Waals surface area contributed by atoms with Crippen LogP contribution >= 0.6 is 10.7 Å². The number of aromatic nitrogens is 3. The number of nitrogens with zero attached hydrogens (tertiary/aromatic N) is 4. The van der Waals surface area contributed by atoms with Gasteiger partial charge >= 0.3 is 9.24 Å². The van der Waals surface area contributed by atoms with E-state index in [1.165, 1.54) is 10.9 Å². The first-order chi connectivity index (χ1) is 8.80. The third-order valence-electron chi connectivity index (χ3n) is 2.12. The Hall–Kier alpha value is -1.45. The van der Waals surface area contributed by atoms with Gasteiger partial charge in [0.1, 0.15) is 16.1 Å². The quantitative estimate of drug-likeness (QED) is 0.792. The Bertz CT molecular complexity index is 807. The standard InChI is InChI=1S/C9H9ClN4O3S2/c1-18(15,13-19(10,16)17)9-12-11-7-14(9)8-5-3-2-4-6-8/h2-7H,1H3/t18-/m0/s1. The molecule has 0 fully saturated rings. The van der Waals surface area contributed by atoms with Crippen molar-refractivity contribution in [3.05, 3.63) is 36.7 Å². The van der Waals surface area contributed by atoms with E-state index in [9.17, 15) is 12.6 Å². The maximum Gasteiger partial charge on any atom is 0.347 e. The van der Waals surface area contributed by atoms with Crippen LogP contribution in [0.25, 0.3) is 5.69 Å². The van der Waals surface area contributed by atoms with Crippen LogP contribution in [0.2, 0.25) is 0 Å². The van der Waals surface area contributed by atoms with Gasteiger partial charge < -0.3 is 0 Å². The summed E-state index contributed by atoms with van der Waals surface area (Å²) in [6.07, 6.45) is 2.46. The third kappa shape index (κ3) is 3.31. The van der Waals surface area contributed by atoms with Gasteiger partial charge in [-0.15, -0.1) is 10.2 Å². The number of benzene rings is 1. The van der Waals surface area contributed by atoms with Gasteiger partial charge in [-0.05, 0) is 12.1 Å². The molecular formula is C9H9ClN4O3S2. The van der Waals surface area contributed by atoms with Crippen LogP contribution in [0.5, 0.6) is 0 Å². The van der Waals surface area contributed by atoms with Crippen LogP contribution in [0.15, 0.2) is 45.6 Å². The summed E-state index contributed by atoms with van der Waals surface area (Å²) in [6.45, 7) is 0. The lowest BCUT2D eigenvalue weighted by Gasteiger charge is -2.06. The number of halogens is 1. The van der Waals surface area contributed by atoms with E-state index in [0.717, 1.165) is 6.26 Å². The summed E-state index contributed by atoms with van der Waals surface area (Å²) in [5.74, 6) is 0. The molecule has 0 spiro atoms. The van der Waals surface area contributed by atoms with E-state index in [0.29, 0.717) is 5.69 Å². The fourth-order valence-electron chi connectivity index (χ4n) is 1.45. The van der Waals surface area contributed by atoms with Crippen LogP contribution in [0, 0.1) is 0 Å². The smallest absolute Gasteiger partial charge is 0.274 e. The van der Waals surface area contributed by atoms with E-state index in [4.69, 9.17) is 10.7 Å². The number of hydrogen-bond acceptors (Lipinski definition) is 5. The van der Waals surface area contributed by atoms with Crippen molar-refractivity contribution in [3.8, 4) is 5.69 Å². The SMILES string of the molecule is C[S@@](=O)(=NS(=O)(=O)Cl)c1nncn1-c1ccccc1. The van der Waals surface area contributed by atoms with Gasteiger partial charge in [-0.2, -0.15) is 8.42 Å². The summed E-state index contributed by atoms with van der Waals surface area (Å²) in [5, 5.41) is 7.22. The topological polar surface area (TPSA) is 94.3 Å². The van der Waals surface area contributed by atoms with Gasteiger partial charge in [0.15, 0.2) is 0 Å². The predicted octanol–water partition coefficient (Wildman–Crippen LogP) is 1.21. The van der Waals surface area contributed by atoms with Crippen molar-refractivity contribution < 1.29 is 12.6 Å². The van der Waals surface area contributed by atoms with Gasteiger partial charge in [-0.25, -0.2) is 4.21 Å². The number of para-hydroxylation sites is 1. The molecule has 0 N–H and O–H groups in total. The van der Waals surface area contributed by atoms with E-state index < -0.39 is 19.0 Å². The van der Waals surface area contributed by atoms with Crippen molar-refractivity contribution >= 4 is 29.6 Å². The monoisotopic (exact) mass is 320 g/mol. The summed E-state index contributed by atoms with van der Waals surface area (Å²) in [4.78, 5) is 0. The Morgan fingerprint density at radius 1 is 1.21 bits per heavy atom. The molecule has 0 saturated carbocycles. The minimum absolute atomic E-state index is 0.0806. The molecule has 102 valence electrons. The summed E-state index contributed by atoms with van der Waals surface area (Å²) < 4.78 is 38.7. The van der Waals surface area contributed by atoms with Crippen LogP contribution in [-0.4, -0.2) is 33.6 Å². The normalized spacial score (nSPS) is 14.8. The lowest BCUT2D eigenvalue weighted by atomic mass is 10.3. The van der Waals surface area contributed by atoms with E-state index in [2.05, 4.69) is 14.0 Å². The molecule has 19 heavy (non-hydrogen) atoms. The van der Waals surface area contributed by atoms with Crippen molar-refractivity contribution in [2.75, 3.05) is 6.26 Å². The zero-order chi connectivity index (χ0) is 14.1. The van der Waals surface area contributed by atoms with Gasteiger partial charge in [0.2, 0.25) is 5.16 Å². The molecule has 0 bridgehead atoms. The largest absolute Gasteiger partial charge is 0.347 e. The minimum Gasteiger partial charge on any atom is -0.274 e. The van der Waals surface area contributed by atoms with Gasteiger partial charge in [-0.3, -0.25) is 4.57 Å².